The maximum atomic E-state index is 11.3. The Morgan fingerprint density at radius 1 is 1.41 bits per heavy atom. The molecule has 7 heteroatoms. The lowest BCUT2D eigenvalue weighted by Crippen LogP contribution is -2.34. The third kappa shape index (κ3) is 4.37. The number of hydrogen-bond donors (Lipinski definition) is 2. The number of ether oxygens (including phenoxy) is 2. The minimum absolute atomic E-state index is 0.194. The van der Waals surface area contributed by atoms with Crippen molar-refractivity contribution < 1.29 is 19.1 Å². The van der Waals surface area contributed by atoms with Gasteiger partial charge in [0.2, 0.25) is 0 Å². The van der Waals surface area contributed by atoms with Crippen molar-refractivity contribution in [2.24, 2.45) is 0 Å². The number of rotatable bonds is 3. The second kappa shape index (κ2) is 6.31. The van der Waals surface area contributed by atoms with E-state index in [1.54, 1.807) is 19.1 Å². The van der Waals surface area contributed by atoms with Crippen LogP contribution in [0.25, 0.3) is 0 Å². The van der Waals surface area contributed by atoms with Crippen LogP contribution in [-0.2, 0) is 4.74 Å². The average molecular weight is 239 g/mol. The molecule has 0 spiro atoms. The van der Waals surface area contributed by atoms with Crippen molar-refractivity contribution in [1.82, 2.24) is 10.3 Å². The molecule has 3 amide bonds. The molecule has 0 aromatic carbocycles. The Balaban J connectivity index is 2.47. The fourth-order valence-electron chi connectivity index (χ4n) is 0.982. The molecule has 0 radical (unpaired) electrons. The number of carbonyl (C=O) groups is 2. The first kappa shape index (κ1) is 12.8. The minimum atomic E-state index is -0.807. The molecule has 1 heterocycles. The minimum Gasteiger partial charge on any atom is -0.495 e. The van der Waals surface area contributed by atoms with E-state index in [0.29, 0.717) is 11.6 Å². The SMILES string of the molecule is CCOC(=O)NC(=O)Nc1ccc(OC)cn1. The molecule has 1 rings (SSSR count). The molecule has 0 aliphatic rings. The van der Waals surface area contributed by atoms with Crippen LogP contribution in [0.3, 0.4) is 0 Å². The number of amides is 3. The number of methoxy groups -OCH3 is 1. The second-order valence-corrected chi connectivity index (χ2v) is 2.88. The van der Waals surface area contributed by atoms with Crippen LogP contribution in [0.2, 0.25) is 0 Å². The van der Waals surface area contributed by atoms with Crippen molar-refractivity contribution in [3.05, 3.63) is 18.3 Å². The lowest BCUT2D eigenvalue weighted by Gasteiger charge is -2.06. The summed E-state index contributed by atoms with van der Waals surface area (Å²) in [5.74, 6) is 0.869. The van der Waals surface area contributed by atoms with Gasteiger partial charge in [0.15, 0.2) is 0 Å². The number of alkyl carbamates (subject to hydrolysis) is 1. The van der Waals surface area contributed by atoms with E-state index in [1.807, 2.05) is 5.32 Å². The summed E-state index contributed by atoms with van der Waals surface area (Å²) in [5.41, 5.74) is 0. The predicted octanol–water partition coefficient (Wildman–Crippen LogP) is 1.37. The Morgan fingerprint density at radius 3 is 2.71 bits per heavy atom. The van der Waals surface area contributed by atoms with Gasteiger partial charge in [-0.15, -0.1) is 0 Å². The number of urea groups is 1. The highest BCUT2D eigenvalue weighted by molar-refractivity contribution is 5.98. The monoisotopic (exact) mass is 239 g/mol. The van der Waals surface area contributed by atoms with Gasteiger partial charge in [0.1, 0.15) is 11.6 Å². The van der Waals surface area contributed by atoms with Crippen molar-refractivity contribution in [2.45, 2.75) is 6.92 Å². The molecule has 92 valence electrons. The van der Waals surface area contributed by atoms with E-state index in [-0.39, 0.29) is 6.61 Å². The standard InChI is InChI=1S/C10H13N3O4/c1-3-17-10(15)13-9(14)12-8-5-4-7(16-2)6-11-8/h4-6H,3H2,1-2H3,(H2,11,12,13,14,15). The van der Waals surface area contributed by atoms with Crippen LogP contribution in [-0.4, -0.2) is 30.8 Å². The van der Waals surface area contributed by atoms with Gasteiger partial charge in [-0.3, -0.25) is 5.32 Å². The topological polar surface area (TPSA) is 89.5 Å². The summed E-state index contributed by atoms with van der Waals surface area (Å²) in [6.45, 7) is 1.84. The molecular weight excluding hydrogens is 226 g/mol. The molecule has 7 nitrogen and oxygen atoms in total. The quantitative estimate of drug-likeness (QED) is 0.831. The first-order valence-corrected chi connectivity index (χ1v) is 4.90. The highest BCUT2D eigenvalue weighted by Gasteiger charge is 2.08. The van der Waals surface area contributed by atoms with Crippen LogP contribution >= 0.6 is 0 Å². The normalized spacial score (nSPS) is 9.29. The summed E-state index contributed by atoms with van der Waals surface area (Å²) in [5, 5.41) is 4.34. The third-order valence-corrected chi connectivity index (χ3v) is 1.70. The van der Waals surface area contributed by atoms with Gasteiger partial charge in [-0.2, -0.15) is 0 Å². The number of carbonyl (C=O) groups excluding carboxylic acids is 2. The van der Waals surface area contributed by atoms with Crippen molar-refractivity contribution in [3.8, 4) is 5.75 Å². The number of aromatic nitrogens is 1. The molecule has 1 aromatic heterocycles. The van der Waals surface area contributed by atoms with Crippen LogP contribution in [0.4, 0.5) is 15.4 Å². The van der Waals surface area contributed by atoms with E-state index < -0.39 is 12.1 Å². The van der Waals surface area contributed by atoms with Gasteiger partial charge >= 0.3 is 12.1 Å². The molecular formula is C10H13N3O4. The van der Waals surface area contributed by atoms with Gasteiger partial charge in [-0.05, 0) is 19.1 Å². The zero-order valence-corrected chi connectivity index (χ0v) is 9.52. The zero-order valence-electron chi connectivity index (χ0n) is 9.52. The maximum Gasteiger partial charge on any atom is 0.415 e. The molecule has 0 unspecified atom stereocenters. The van der Waals surface area contributed by atoms with E-state index in [2.05, 4.69) is 15.0 Å². The molecule has 0 saturated heterocycles. The first-order valence-electron chi connectivity index (χ1n) is 4.90. The lowest BCUT2D eigenvalue weighted by atomic mass is 10.4. The number of hydrogen-bond acceptors (Lipinski definition) is 5. The molecule has 0 saturated carbocycles. The number of imide groups is 1. The number of anilines is 1. The van der Waals surface area contributed by atoms with Crippen LogP contribution in [0, 0.1) is 0 Å². The summed E-state index contributed by atoms with van der Waals surface area (Å²) in [7, 11) is 1.51. The smallest absolute Gasteiger partial charge is 0.415 e. The van der Waals surface area contributed by atoms with Crippen molar-refractivity contribution in [1.29, 1.82) is 0 Å². The zero-order chi connectivity index (χ0) is 12.7. The van der Waals surface area contributed by atoms with Gasteiger partial charge in [-0.25, -0.2) is 19.9 Å². The molecule has 0 aliphatic heterocycles. The Hall–Kier alpha value is -2.31. The molecule has 17 heavy (non-hydrogen) atoms. The summed E-state index contributed by atoms with van der Waals surface area (Å²) >= 11 is 0. The fourth-order valence-corrected chi connectivity index (χ4v) is 0.982. The van der Waals surface area contributed by atoms with Gasteiger partial charge in [-0.1, -0.05) is 0 Å². The van der Waals surface area contributed by atoms with E-state index in [1.165, 1.54) is 13.3 Å². The van der Waals surface area contributed by atoms with Crippen LogP contribution in [0.15, 0.2) is 18.3 Å². The van der Waals surface area contributed by atoms with Crippen molar-refractivity contribution in [3.63, 3.8) is 0 Å². The molecule has 1 aromatic rings. The highest BCUT2D eigenvalue weighted by atomic mass is 16.5. The largest absolute Gasteiger partial charge is 0.495 e. The van der Waals surface area contributed by atoms with Gasteiger partial charge in [0, 0.05) is 0 Å². The van der Waals surface area contributed by atoms with Gasteiger partial charge in [0.25, 0.3) is 0 Å². The van der Waals surface area contributed by atoms with E-state index in [0.717, 1.165) is 0 Å². The van der Waals surface area contributed by atoms with Gasteiger partial charge < -0.3 is 9.47 Å². The summed E-state index contributed by atoms with van der Waals surface area (Å²) in [6.07, 6.45) is 0.637. The molecule has 2 N–H and O–H groups in total. The molecule has 0 bridgehead atoms. The maximum absolute atomic E-state index is 11.3. The van der Waals surface area contributed by atoms with E-state index in [4.69, 9.17) is 4.74 Å². The number of nitrogens with zero attached hydrogens (tertiary/aromatic N) is 1. The Labute approximate surface area is 98.1 Å². The van der Waals surface area contributed by atoms with Crippen LogP contribution in [0.5, 0.6) is 5.75 Å². The average Bonchev–Trinajstić information content (AvgIpc) is 2.30. The summed E-state index contributed by atoms with van der Waals surface area (Å²) < 4.78 is 9.44. The Bertz CT molecular complexity index is 391. The highest BCUT2D eigenvalue weighted by Crippen LogP contribution is 2.10. The van der Waals surface area contributed by atoms with Gasteiger partial charge in [0.05, 0.1) is 19.9 Å². The number of pyridine rings is 1. The third-order valence-electron chi connectivity index (χ3n) is 1.70. The first-order chi connectivity index (χ1) is 8.15. The summed E-state index contributed by atoms with van der Waals surface area (Å²) in [6, 6.07) is 2.47. The molecule has 0 atom stereocenters. The molecule has 0 fully saturated rings. The molecule has 0 aliphatic carbocycles. The van der Waals surface area contributed by atoms with Crippen molar-refractivity contribution in [2.75, 3.05) is 19.0 Å². The Kier molecular flexibility index (Phi) is 4.74. The van der Waals surface area contributed by atoms with E-state index >= 15 is 0 Å². The number of nitrogens with one attached hydrogen (secondary N) is 2. The fraction of sp³-hybridized carbons (Fsp3) is 0.300. The summed E-state index contributed by atoms with van der Waals surface area (Å²) in [4.78, 5) is 26.1. The van der Waals surface area contributed by atoms with Crippen LogP contribution < -0.4 is 15.4 Å². The lowest BCUT2D eigenvalue weighted by molar-refractivity contribution is 0.154. The Morgan fingerprint density at radius 2 is 2.18 bits per heavy atom. The van der Waals surface area contributed by atoms with E-state index in [9.17, 15) is 9.59 Å². The second-order valence-electron chi connectivity index (χ2n) is 2.88. The van der Waals surface area contributed by atoms with Crippen LogP contribution in [0.1, 0.15) is 6.92 Å². The van der Waals surface area contributed by atoms with Crippen molar-refractivity contribution >= 4 is 17.9 Å². The predicted molar refractivity (Wildman–Crippen MR) is 60.0 cm³/mol.